The van der Waals surface area contributed by atoms with Crippen LogP contribution in [0.15, 0.2) is 65.4 Å². The third-order valence-electron chi connectivity index (χ3n) is 4.33. The summed E-state index contributed by atoms with van der Waals surface area (Å²) in [5.41, 5.74) is 1.90. The van der Waals surface area contributed by atoms with Crippen molar-refractivity contribution in [3.8, 4) is 5.69 Å². The van der Waals surface area contributed by atoms with E-state index in [0.29, 0.717) is 24.5 Å². The zero-order valence-corrected chi connectivity index (χ0v) is 16.4. The second-order valence-electron chi connectivity index (χ2n) is 6.54. The predicted octanol–water partition coefficient (Wildman–Crippen LogP) is 3.24. The van der Waals surface area contributed by atoms with E-state index in [9.17, 15) is 9.59 Å². The highest BCUT2D eigenvalue weighted by molar-refractivity contribution is 5.91. The van der Waals surface area contributed by atoms with E-state index in [1.165, 1.54) is 13.2 Å². The van der Waals surface area contributed by atoms with Crippen molar-refractivity contribution in [2.75, 3.05) is 14.2 Å². The Morgan fingerprint density at radius 2 is 2.00 bits per heavy atom. The van der Waals surface area contributed by atoms with Gasteiger partial charge in [-0.05, 0) is 30.3 Å². The number of ether oxygens (including phenoxy) is 1. The molecule has 1 amide bonds. The molecular weight excluding hydrogens is 370 g/mol. The molecule has 7 heteroatoms. The fraction of sp³-hybridized carbons (Fsp3) is 0.227. The summed E-state index contributed by atoms with van der Waals surface area (Å²) < 4.78 is 12.0. The van der Waals surface area contributed by atoms with Gasteiger partial charge in [-0.3, -0.25) is 9.59 Å². The molecule has 3 aromatic rings. The largest absolute Gasteiger partial charge is 0.469 e. The summed E-state index contributed by atoms with van der Waals surface area (Å²) in [4.78, 5) is 25.1. The zero-order chi connectivity index (χ0) is 20.6. The molecule has 2 aromatic heterocycles. The molecule has 2 heterocycles. The van der Waals surface area contributed by atoms with Gasteiger partial charge in [-0.25, -0.2) is 4.68 Å². The number of aryl methyl sites for hydroxylation is 1. The minimum atomic E-state index is -0.286. The molecular formula is C22H23N3O4. The number of likely N-dealkylation sites (N-methyl/N-ethyl adjacent to an activating group) is 1. The average Bonchev–Trinajstić information content (AvgIpc) is 3.40. The SMILES string of the molecule is COC(=O)CCc1ccc(/C=C/C(=O)N(C)Cc2cnn(-c3ccccc3)c2)o1. The molecule has 0 aliphatic heterocycles. The van der Waals surface area contributed by atoms with Crippen LogP contribution in [0.3, 0.4) is 0 Å². The number of hydrogen-bond donors (Lipinski definition) is 0. The van der Waals surface area contributed by atoms with Crippen molar-refractivity contribution in [2.45, 2.75) is 19.4 Å². The van der Waals surface area contributed by atoms with Crippen molar-refractivity contribution >= 4 is 18.0 Å². The van der Waals surface area contributed by atoms with Crippen molar-refractivity contribution in [2.24, 2.45) is 0 Å². The molecule has 0 radical (unpaired) electrons. The normalized spacial score (nSPS) is 11.0. The van der Waals surface area contributed by atoms with Crippen LogP contribution in [0.5, 0.6) is 0 Å². The Morgan fingerprint density at radius 1 is 1.21 bits per heavy atom. The van der Waals surface area contributed by atoms with Gasteiger partial charge >= 0.3 is 5.97 Å². The number of amides is 1. The van der Waals surface area contributed by atoms with Gasteiger partial charge in [0.25, 0.3) is 0 Å². The van der Waals surface area contributed by atoms with Gasteiger partial charge in [0, 0.05) is 37.8 Å². The monoisotopic (exact) mass is 393 g/mol. The topological polar surface area (TPSA) is 77.6 Å². The molecule has 0 fully saturated rings. The molecule has 29 heavy (non-hydrogen) atoms. The van der Waals surface area contributed by atoms with Crippen molar-refractivity contribution in [1.82, 2.24) is 14.7 Å². The number of benzene rings is 1. The highest BCUT2D eigenvalue weighted by Gasteiger charge is 2.09. The fourth-order valence-electron chi connectivity index (χ4n) is 2.74. The van der Waals surface area contributed by atoms with Gasteiger partial charge in [-0.2, -0.15) is 5.10 Å². The first-order chi connectivity index (χ1) is 14.0. The highest BCUT2D eigenvalue weighted by atomic mass is 16.5. The summed E-state index contributed by atoms with van der Waals surface area (Å²) in [5, 5.41) is 4.34. The van der Waals surface area contributed by atoms with Gasteiger partial charge in [0.2, 0.25) is 5.91 Å². The van der Waals surface area contributed by atoms with Crippen LogP contribution in [-0.2, 0) is 27.3 Å². The molecule has 0 spiro atoms. The lowest BCUT2D eigenvalue weighted by Gasteiger charge is -2.13. The van der Waals surface area contributed by atoms with E-state index >= 15 is 0 Å². The summed E-state index contributed by atoms with van der Waals surface area (Å²) >= 11 is 0. The third kappa shape index (κ3) is 5.68. The maximum absolute atomic E-state index is 12.4. The summed E-state index contributed by atoms with van der Waals surface area (Å²) in [6.45, 7) is 0.443. The van der Waals surface area contributed by atoms with Gasteiger partial charge in [0.15, 0.2) is 0 Å². The number of hydrogen-bond acceptors (Lipinski definition) is 5. The van der Waals surface area contributed by atoms with E-state index in [1.54, 1.807) is 41.0 Å². The molecule has 0 saturated carbocycles. The molecule has 0 bridgehead atoms. The minimum Gasteiger partial charge on any atom is -0.469 e. The number of carbonyl (C=O) groups excluding carboxylic acids is 2. The van der Waals surface area contributed by atoms with Crippen LogP contribution in [0.25, 0.3) is 11.8 Å². The van der Waals surface area contributed by atoms with Gasteiger partial charge < -0.3 is 14.1 Å². The molecule has 0 N–H and O–H groups in total. The van der Waals surface area contributed by atoms with E-state index in [-0.39, 0.29) is 18.3 Å². The molecule has 0 atom stereocenters. The van der Waals surface area contributed by atoms with Crippen molar-refractivity contribution in [3.63, 3.8) is 0 Å². The Kier molecular flexibility index (Phi) is 6.63. The summed E-state index contributed by atoms with van der Waals surface area (Å²) in [7, 11) is 3.09. The molecule has 150 valence electrons. The van der Waals surface area contributed by atoms with Gasteiger partial charge in [0.05, 0.1) is 25.4 Å². The third-order valence-corrected chi connectivity index (χ3v) is 4.33. The molecule has 3 rings (SSSR count). The summed E-state index contributed by atoms with van der Waals surface area (Å²) in [6.07, 6.45) is 7.45. The Bertz CT molecular complexity index is 988. The number of esters is 1. The number of para-hydroxylation sites is 1. The number of aromatic nitrogens is 2. The van der Waals surface area contributed by atoms with Crippen LogP contribution in [0.4, 0.5) is 0 Å². The van der Waals surface area contributed by atoms with Gasteiger partial charge in [-0.1, -0.05) is 18.2 Å². The maximum Gasteiger partial charge on any atom is 0.305 e. The Morgan fingerprint density at radius 3 is 2.76 bits per heavy atom. The number of methoxy groups -OCH3 is 1. The first kappa shape index (κ1) is 20.1. The van der Waals surface area contributed by atoms with E-state index in [1.807, 2.05) is 36.5 Å². The minimum absolute atomic E-state index is 0.148. The molecule has 1 aromatic carbocycles. The number of carbonyl (C=O) groups is 2. The molecule has 0 unspecified atom stereocenters. The molecule has 0 aliphatic carbocycles. The van der Waals surface area contributed by atoms with Crippen LogP contribution in [0.2, 0.25) is 0 Å². The Hall–Kier alpha value is -3.61. The van der Waals surface area contributed by atoms with Crippen molar-refractivity contribution in [1.29, 1.82) is 0 Å². The maximum atomic E-state index is 12.4. The van der Waals surface area contributed by atoms with E-state index in [0.717, 1.165) is 11.3 Å². The van der Waals surface area contributed by atoms with Crippen molar-refractivity contribution < 1.29 is 18.7 Å². The van der Waals surface area contributed by atoms with Crippen LogP contribution in [0, 0.1) is 0 Å². The van der Waals surface area contributed by atoms with E-state index < -0.39 is 0 Å². The standard InChI is InChI=1S/C22H23N3O4/c1-24(15-17-14-23-25(16-17)18-6-4-3-5-7-18)21(26)12-10-19-8-9-20(29-19)11-13-22(27)28-2/h3-10,12,14,16H,11,13,15H2,1-2H3/b12-10+. The number of nitrogens with zero attached hydrogens (tertiary/aromatic N) is 3. The lowest BCUT2D eigenvalue weighted by Crippen LogP contribution is -2.23. The van der Waals surface area contributed by atoms with Gasteiger partial charge in [0.1, 0.15) is 11.5 Å². The first-order valence-corrected chi connectivity index (χ1v) is 9.23. The number of rotatable bonds is 8. The molecule has 0 aliphatic rings. The highest BCUT2D eigenvalue weighted by Crippen LogP contribution is 2.13. The second-order valence-corrected chi connectivity index (χ2v) is 6.54. The van der Waals surface area contributed by atoms with E-state index in [4.69, 9.17) is 4.42 Å². The lowest BCUT2D eigenvalue weighted by atomic mass is 10.2. The zero-order valence-electron chi connectivity index (χ0n) is 16.4. The fourth-order valence-corrected chi connectivity index (χ4v) is 2.74. The summed E-state index contributed by atoms with van der Waals surface area (Å²) in [5.74, 6) is 0.795. The second kappa shape index (κ2) is 9.54. The molecule has 7 nitrogen and oxygen atoms in total. The Labute approximate surface area is 169 Å². The predicted molar refractivity (Wildman–Crippen MR) is 108 cm³/mol. The van der Waals surface area contributed by atoms with E-state index in [2.05, 4.69) is 9.84 Å². The Balaban J connectivity index is 1.53. The van der Waals surface area contributed by atoms with Crippen LogP contribution < -0.4 is 0 Å². The summed E-state index contributed by atoms with van der Waals surface area (Å²) in [6, 6.07) is 13.3. The van der Waals surface area contributed by atoms with Crippen LogP contribution >= 0.6 is 0 Å². The molecule has 0 saturated heterocycles. The number of furan rings is 1. The first-order valence-electron chi connectivity index (χ1n) is 9.23. The van der Waals surface area contributed by atoms with Crippen LogP contribution in [-0.4, -0.2) is 40.7 Å². The van der Waals surface area contributed by atoms with Crippen LogP contribution in [0.1, 0.15) is 23.5 Å². The quantitative estimate of drug-likeness (QED) is 0.434. The average molecular weight is 393 g/mol. The lowest BCUT2D eigenvalue weighted by molar-refractivity contribution is -0.140. The van der Waals surface area contributed by atoms with Gasteiger partial charge in [-0.15, -0.1) is 0 Å². The smallest absolute Gasteiger partial charge is 0.305 e. The van der Waals surface area contributed by atoms with Crippen molar-refractivity contribution in [3.05, 3.63) is 78.0 Å².